The van der Waals surface area contributed by atoms with Crippen molar-refractivity contribution >= 4 is 21.5 Å². The summed E-state index contributed by atoms with van der Waals surface area (Å²) in [7, 11) is -3.70. The van der Waals surface area contributed by atoms with Gasteiger partial charge in [-0.05, 0) is 30.5 Å². The van der Waals surface area contributed by atoms with Gasteiger partial charge in [0.25, 0.3) is 10.0 Å². The maximum absolute atomic E-state index is 12.1. The molecule has 1 aromatic heterocycles. The molecule has 2 rings (SSSR count). The SMILES string of the molecule is CCCCc1ccc(NS(=O)(=O)c2cn[nH]c2N)cc1. The van der Waals surface area contributed by atoms with Crippen molar-refractivity contribution in [2.45, 2.75) is 31.1 Å². The zero-order valence-corrected chi connectivity index (χ0v) is 12.1. The van der Waals surface area contributed by atoms with Crippen molar-refractivity contribution in [1.29, 1.82) is 0 Å². The van der Waals surface area contributed by atoms with Crippen LogP contribution in [0.3, 0.4) is 0 Å². The summed E-state index contributed by atoms with van der Waals surface area (Å²) in [6.07, 6.45) is 4.44. The van der Waals surface area contributed by atoms with E-state index in [1.165, 1.54) is 11.8 Å². The summed E-state index contributed by atoms with van der Waals surface area (Å²) in [4.78, 5) is -0.0486. The Morgan fingerprint density at radius 3 is 2.55 bits per heavy atom. The van der Waals surface area contributed by atoms with Crippen LogP contribution in [0.25, 0.3) is 0 Å². The molecule has 1 aromatic carbocycles. The molecule has 0 saturated heterocycles. The number of aromatic amines is 1. The number of nitrogens with two attached hydrogens (primary N) is 1. The minimum atomic E-state index is -3.70. The molecule has 0 spiro atoms. The molecule has 0 aliphatic carbocycles. The summed E-state index contributed by atoms with van der Waals surface area (Å²) < 4.78 is 26.7. The molecule has 20 heavy (non-hydrogen) atoms. The second kappa shape index (κ2) is 5.96. The van der Waals surface area contributed by atoms with Crippen LogP contribution in [0, 0.1) is 0 Å². The Bertz CT molecular complexity index is 662. The van der Waals surface area contributed by atoms with E-state index in [1.54, 1.807) is 12.1 Å². The highest BCUT2D eigenvalue weighted by atomic mass is 32.2. The normalized spacial score (nSPS) is 11.4. The molecule has 0 aliphatic heterocycles. The van der Waals surface area contributed by atoms with Crippen LogP contribution in [-0.2, 0) is 16.4 Å². The summed E-state index contributed by atoms with van der Waals surface area (Å²) in [6.45, 7) is 2.14. The number of nitrogens with zero attached hydrogens (tertiary/aromatic N) is 1. The summed E-state index contributed by atoms with van der Waals surface area (Å²) >= 11 is 0. The van der Waals surface area contributed by atoms with Gasteiger partial charge in [-0.15, -0.1) is 0 Å². The number of nitrogen functional groups attached to an aromatic ring is 1. The van der Waals surface area contributed by atoms with Crippen LogP contribution in [-0.4, -0.2) is 18.6 Å². The molecule has 0 aliphatic rings. The van der Waals surface area contributed by atoms with Gasteiger partial charge >= 0.3 is 0 Å². The molecule has 0 atom stereocenters. The van der Waals surface area contributed by atoms with Crippen LogP contribution >= 0.6 is 0 Å². The molecule has 0 bridgehead atoms. The molecule has 7 heteroatoms. The van der Waals surface area contributed by atoms with Crippen molar-refractivity contribution in [2.24, 2.45) is 0 Å². The lowest BCUT2D eigenvalue weighted by Crippen LogP contribution is -2.13. The van der Waals surface area contributed by atoms with Gasteiger partial charge < -0.3 is 5.73 Å². The largest absolute Gasteiger partial charge is 0.383 e. The number of aromatic nitrogens is 2. The summed E-state index contributed by atoms with van der Waals surface area (Å²) in [5.41, 5.74) is 7.22. The van der Waals surface area contributed by atoms with Gasteiger partial charge in [-0.25, -0.2) is 8.42 Å². The van der Waals surface area contributed by atoms with E-state index < -0.39 is 10.0 Å². The molecule has 0 amide bonds. The lowest BCUT2D eigenvalue weighted by molar-refractivity contribution is 0.601. The summed E-state index contributed by atoms with van der Waals surface area (Å²) in [5.74, 6) is 0.0251. The van der Waals surface area contributed by atoms with Gasteiger partial charge in [0, 0.05) is 5.69 Å². The third kappa shape index (κ3) is 3.30. The number of H-pyrrole nitrogens is 1. The van der Waals surface area contributed by atoms with Crippen molar-refractivity contribution in [3.8, 4) is 0 Å². The summed E-state index contributed by atoms with van der Waals surface area (Å²) in [5, 5.41) is 6.01. The molecule has 2 aromatic rings. The van der Waals surface area contributed by atoms with Crippen LogP contribution in [0.1, 0.15) is 25.3 Å². The van der Waals surface area contributed by atoms with Crippen LogP contribution in [0.15, 0.2) is 35.4 Å². The molecule has 0 unspecified atom stereocenters. The highest BCUT2D eigenvalue weighted by Crippen LogP contribution is 2.19. The molecular formula is C13H18N4O2S. The maximum atomic E-state index is 12.1. The second-order valence-electron chi connectivity index (χ2n) is 4.55. The van der Waals surface area contributed by atoms with Crippen LogP contribution < -0.4 is 10.5 Å². The molecule has 6 nitrogen and oxygen atoms in total. The number of sulfonamides is 1. The van der Waals surface area contributed by atoms with Gasteiger partial charge in [0.1, 0.15) is 10.7 Å². The Labute approximate surface area is 118 Å². The van der Waals surface area contributed by atoms with Gasteiger partial charge in [-0.1, -0.05) is 25.5 Å². The smallest absolute Gasteiger partial charge is 0.267 e. The topological polar surface area (TPSA) is 101 Å². The Morgan fingerprint density at radius 2 is 2.00 bits per heavy atom. The van der Waals surface area contributed by atoms with Gasteiger partial charge in [-0.3, -0.25) is 9.82 Å². The predicted octanol–water partition coefficient (Wildman–Crippen LogP) is 2.14. The average Bonchev–Trinajstić information content (AvgIpc) is 2.85. The molecule has 1 heterocycles. The fourth-order valence-electron chi connectivity index (χ4n) is 1.83. The Morgan fingerprint density at radius 1 is 1.30 bits per heavy atom. The highest BCUT2D eigenvalue weighted by Gasteiger charge is 2.19. The first-order chi connectivity index (χ1) is 9.53. The van der Waals surface area contributed by atoms with Gasteiger partial charge in [0.05, 0.1) is 6.20 Å². The monoisotopic (exact) mass is 294 g/mol. The minimum Gasteiger partial charge on any atom is -0.383 e. The third-order valence-electron chi connectivity index (χ3n) is 2.95. The summed E-state index contributed by atoms with van der Waals surface area (Å²) in [6, 6.07) is 7.34. The highest BCUT2D eigenvalue weighted by molar-refractivity contribution is 7.92. The number of rotatable bonds is 6. The first-order valence-electron chi connectivity index (χ1n) is 6.43. The van der Waals surface area contributed by atoms with Crippen molar-refractivity contribution in [3.63, 3.8) is 0 Å². The van der Waals surface area contributed by atoms with E-state index in [1.807, 2.05) is 12.1 Å². The fourth-order valence-corrected chi connectivity index (χ4v) is 2.91. The Hall–Kier alpha value is -2.02. The van der Waals surface area contributed by atoms with E-state index in [0.717, 1.165) is 19.3 Å². The van der Waals surface area contributed by atoms with Crippen LogP contribution in [0.5, 0.6) is 0 Å². The Balaban J connectivity index is 2.12. The third-order valence-corrected chi connectivity index (χ3v) is 4.36. The number of hydrogen-bond donors (Lipinski definition) is 3. The van der Waals surface area contributed by atoms with E-state index in [2.05, 4.69) is 21.8 Å². The lowest BCUT2D eigenvalue weighted by Gasteiger charge is -2.08. The van der Waals surface area contributed by atoms with Gasteiger partial charge in [0.2, 0.25) is 0 Å². The minimum absolute atomic E-state index is 0.0251. The number of nitrogens with one attached hydrogen (secondary N) is 2. The predicted molar refractivity (Wildman–Crippen MR) is 78.9 cm³/mol. The van der Waals surface area contributed by atoms with E-state index in [9.17, 15) is 8.42 Å². The van der Waals surface area contributed by atoms with E-state index in [4.69, 9.17) is 5.73 Å². The molecule has 0 radical (unpaired) electrons. The lowest BCUT2D eigenvalue weighted by atomic mass is 10.1. The van der Waals surface area contributed by atoms with Crippen LogP contribution in [0.2, 0.25) is 0 Å². The van der Waals surface area contributed by atoms with Gasteiger partial charge in [-0.2, -0.15) is 5.10 Å². The first-order valence-corrected chi connectivity index (χ1v) is 7.92. The average molecular weight is 294 g/mol. The van der Waals surface area contributed by atoms with E-state index in [0.29, 0.717) is 5.69 Å². The zero-order valence-electron chi connectivity index (χ0n) is 11.3. The quantitative estimate of drug-likeness (QED) is 0.759. The number of anilines is 2. The van der Waals surface area contributed by atoms with Crippen molar-refractivity contribution in [3.05, 3.63) is 36.0 Å². The number of hydrogen-bond acceptors (Lipinski definition) is 4. The molecule has 0 saturated carbocycles. The number of aryl methyl sites for hydroxylation is 1. The standard InChI is InChI=1S/C13H18N4O2S/c1-2-3-4-10-5-7-11(8-6-10)17-20(18,19)12-9-15-16-13(12)14/h5-9,17H,2-4H2,1H3,(H3,14,15,16). The van der Waals surface area contributed by atoms with Crippen molar-refractivity contribution in [2.75, 3.05) is 10.5 Å². The molecular weight excluding hydrogens is 276 g/mol. The van der Waals surface area contributed by atoms with Crippen molar-refractivity contribution < 1.29 is 8.42 Å². The van der Waals surface area contributed by atoms with Crippen LogP contribution in [0.4, 0.5) is 11.5 Å². The Kier molecular flexibility index (Phi) is 4.29. The van der Waals surface area contributed by atoms with E-state index in [-0.39, 0.29) is 10.7 Å². The molecule has 108 valence electrons. The fraction of sp³-hybridized carbons (Fsp3) is 0.308. The number of unbranched alkanes of at least 4 members (excludes halogenated alkanes) is 1. The number of benzene rings is 1. The molecule has 4 N–H and O–H groups in total. The second-order valence-corrected chi connectivity index (χ2v) is 6.20. The maximum Gasteiger partial charge on any atom is 0.267 e. The zero-order chi connectivity index (χ0) is 14.6. The van der Waals surface area contributed by atoms with E-state index >= 15 is 0 Å². The van der Waals surface area contributed by atoms with Crippen molar-refractivity contribution in [1.82, 2.24) is 10.2 Å². The molecule has 0 fully saturated rings. The first kappa shape index (κ1) is 14.4. The van der Waals surface area contributed by atoms with Gasteiger partial charge in [0.15, 0.2) is 0 Å².